The van der Waals surface area contributed by atoms with Crippen LogP contribution in [0.3, 0.4) is 0 Å². The monoisotopic (exact) mass is 354 g/mol. The third-order valence-corrected chi connectivity index (χ3v) is 4.57. The summed E-state index contributed by atoms with van der Waals surface area (Å²) in [7, 11) is 2.14. The minimum Gasteiger partial charge on any atom is -0.338 e. The lowest BCUT2D eigenvalue weighted by Crippen LogP contribution is -2.44. The Labute approximate surface area is 148 Å². The number of nitrogens with zero attached hydrogens (tertiary/aromatic N) is 2. The normalized spacial score (nSPS) is 17.3. The molecule has 1 aromatic carbocycles. The Morgan fingerprint density at radius 3 is 2.56 bits per heavy atom. The van der Waals surface area contributed by atoms with Crippen LogP contribution in [0.2, 0.25) is 0 Å². The van der Waals surface area contributed by atoms with Crippen LogP contribution in [0.15, 0.2) is 18.2 Å². The molecule has 5 nitrogen and oxygen atoms in total. The van der Waals surface area contributed by atoms with Crippen LogP contribution in [-0.4, -0.2) is 62.1 Å². The maximum absolute atomic E-state index is 13.2. The van der Waals surface area contributed by atoms with Crippen molar-refractivity contribution in [2.45, 2.75) is 25.8 Å². The van der Waals surface area contributed by atoms with Gasteiger partial charge in [0.15, 0.2) is 11.6 Å². The fraction of sp³-hybridized carbons (Fsp3) is 0.611. The van der Waals surface area contributed by atoms with Crippen molar-refractivity contribution in [1.29, 1.82) is 0 Å². The molecule has 0 aliphatic carbocycles. The first-order chi connectivity index (χ1) is 12.0. The van der Waals surface area contributed by atoms with E-state index in [-0.39, 0.29) is 12.1 Å². The molecular weight excluding hydrogens is 326 g/mol. The lowest BCUT2D eigenvalue weighted by Gasteiger charge is -2.32. The number of amides is 2. The van der Waals surface area contributed by atoms with Crippen molar-refractivity contribution in [3.8, 4) is 0 Å². The molecule has 0 aromatic heterocycles. The second kappa shape index (κ2) is 9.68. The van der Waals surface area contributed by atoms with Crippen molar-refractivity contribution < 1.29 is 13.6 Å². The summed E-state index contributed by atoms with van der Waals surface area (Å²) >= 11 is 0. The molecule has 2 rings (SSSR count). The molecule has 1 unspecified atom stereocenters. The number of unbranched alkanes of at least 4 members (excludes halogenated alkanes) is 1. The summed E-state index contributed by atoms with van der Waals surface area (Å²) in [5, 5.41) is 5.54. The first kappa shape index (κ1) is 19.6. The first-order valence-electron chi connectivity index (χ1n) is 8.86. The number of hydrogen-bond donors (Lipinski definition) is 2. The van der Waals surface area contributed by atoms with Crippen LogP contribution >= 0.6 is 0 Å². The third-order valence-electron chi connectivity index (χ3n) is 4.57. The van der Waals surface area contributed by atoms with Gasteiger partial charge in [-0.25, -0.2) is 13.6 Å². The average Bonchev–Trinajstić information content (AvgIpc) is 2.58. The summed E-state index contributed by atoms with van der Waals surface area (Å²) in [6.45, 7) is 7.84. The largest absolute Gasteiger partial charge is 0.338 e. The van der Waals surface area contributed by atoms with Crippen molar-refractivity contribution in [2.24, 2.45) is 0 Å². The number of nitrogens with one attached hydrogen (secondary N) is 2. The number of carbonyl (C=O) groups is 1. The highest BCUT2D eigenvalue weighted by molar-refractivity contribution is 5.74. The summed E-state index contributed by atoms with van der Waals surface area (Å²) in [5.41, 5.74) is 0.532. The van der Waals surface area contributed by atoms with E-state index >= 15 is 0 Å². The molecular formula is C18H28F2N4O. The van der Waals surface area contributed by atoms with Crippen LogP contribution in [0.5, 0.6) is 0 Å². The van der Waals surface area contributed by atoms with Crippen molar-refractivity contribution >= 4 is 6.03 Å². The fourth-order valence-corrected chi connectivity index (χ4v) is 2.85. The average molecular weight is 354 g/mol. The molecule has 25 heavy (non-hydrogen) atoms. The molecule has 1 heterocycles. The van der Waals surface area contributed by atoms with Crippen LogP contribution in [0, 0.1) is 11.6 Å². The van der Waals surface area contributed by atoms with Gasteiger partial charge < -0.3 is 20.4 Å². The molecule has 2 N–H and O–H groups in total. The minimum atomic E-state index is -0.907. The minimum absolute atomic E-state index is 0.295. The number of piperazine rings is 1. The van der Waals surface area contributed by atoms with E-state index in [0.29, 0.717) is 12.1 Å². The Hall–Kier alpha value is -1.73. The van der Waals surface area contributed by atoms with E-state index in [9.17, 15) is 13.6 Å². The number of halogens is 2. The lowest BCUT2D eigenvalue weighted by atomic mass is 10.1. The highest BCUT2D eigenvalue weighted by Gasteiger charge is 2.13. The number of carbonyl (C=O) groups excluding carboxylic acids is 1. The van der Waals surface area contributed by atoms with Crippen LogP contribution in [-0.2, 0) is 0 Å². The molecule has 0 radical (unpaired) electrons. The van der Waals surface area contributed by atoms with E-state index < -0.39 is 11.6 Å². The predicted molar refractivity (Wildman–Crippen MR) is 94.5 cm³/mol. The number of benzene rings is 1. The second-order valence-corrected chi connectivity index (χ2v) is 6.65. The Kier molecular flexibility index (Phi) is 7.58. The molecule has 1 fully saturated rings. The molecule has 7 heteroatoms. The molecule has 1 aliphatic rings. The van der Waals surface area contributed by atoms with Gasteiger partial charge in [0.05, 0.1) is 6.04 Å². The smallest absolute Gasteiger partial charge is 0.315 e. The summed E-state index contributed by atoms with van der Waals surface area (Å²) in [6, 6.07) is 2.96. The zero-order valence-corrected chi connectivity index (χ0v) is 15.0. The molecule has 0 bridgehead atoms. The summed E-state index contributed by atoms with van der Waals surface area (Å²) in [4.78, 5) is 16.7. The van der Waals surface area contributed by atoms with Crippen LogP contribution in [0.1, 0.15) is 31.4 Å². The van der Waals surface area contributed by atoms with Crippen LogP contribution < -0.4 is 10.6 Å². The van der Waals surface area contributed by atoms with Crippen molar-refractivity contribution in [1.82, 2.24) is 20.4 Å². The highest BCUT2D eigenvalue weighted by atomic mass is 19.2. The maximum atomic E-state index is 13.2. The second-order valence-electron chi connectivity index (χ2n) is 6.65. The van der Waals surface area contributed by atoms with Gasteiger partial charge in [0.1, 0.15) is 0 Å². The van der Waals surface area contributed by atoms with Crippen molar-refractivity contribution in [2.75, 3.05) is 46.3 Å². The molecule has 0 spiro atoms. The SMILES string of the molecule is CC(NC(=O)NCCCCN1CCN(C)CC1)c1ccc(F)c(F)c1. The van der Waals surface area contributed by atoms with E-state index in [2.05, 4.69) is 27.5 Å². The number of hydrogen-bond acceptors (Lipinski definition) is 3. The van der Waals surface area contributed by atoms with Gasteiger partial charge in [-0.05, 0) is 51.1 Å². The molecule has 140 valence electrons. The van der Waals surface area contributed by atoms with Crippen LogP contribution in [0.4, 0.5) is 13.6 Å². The molecule has 1 saturated heterocycles. The predicted octanol–water partition coefficient (Wildman–Crippen LogP) is 2.35. The molecule has 1 aromatic rings. The van der Waals surface area contributed by atoms with E-state index in [1.165, 1.54) is 6.07 Å². The van der Waals surface area contributed by atoms with Gasteiger partial charge in [0, 0.05) is 32.7 Å². The molecule has 1 aliphatic heterocycles. The van der Waals surface area contributed by atoms with Gasteiger partial charge in [0.2, 0.25) is 0 Å². The third kappa shape index (κ3) is 6.59. The summed E-state index contributed by atoms with van der Waals surface area (Å²) in [5.74, 6) is -1.80. The van der Waals surface area contributed by atoms with Crippen molar-refractivity contribution in [3.05, 3.63) is 35.4 Å². The fourth-order valence-electron chi connectivity index (χ4n) is 2.85. The first-order valence-corrected chi connectivity index (χ1v) is 8.86. The Morgan fingerprint density at radius 1 is 1.16 bits per heavy atom. The Balaban J connectivity index is 1.59. The summed E-state index contributed by atoms with van der Waals surface area (Å²) in [6.07, 6.45) is 1.96. The zero-order valence-electron chi connectivity index (χ0n) is 15.0. The maximum Gasteiger partial charge on any atom is 0.315 e. The van der Waals surface area contributed by atoms with Gasteiger partial charge in [-0.3, -0.25) is 0 Å². The highest BCUT2D eigenvalue weighted by Crippen LogP contribution is 2.15. The van der Waals surface area contributed by atoms with E-state index in [0.717, 1.165) is 57.7 Å². The van der Waals surface area contributed by atoms with Crippen LogP contribution in [0.25, 0.3) is 0 Å². The zero-order chi connectivity index (χ0) is 18.2. The quantitative estimate of drug-likeness (QED) is 0.739. The molecule has 2 amide bonds. The van der Waals surface area contributed by atoms with E-state index in [1.807, 2.05) is 0 Å². The van der Waals surface area contributed by atoms with Crippen molar-refractivity contribution in [3.63, 3.8) is 0 Å². The van der Waals surface area contributed by atoms with Gasteiger partial charge in [-0.1, -0.05) is 6.07 Å². The number of rotatable bonds is 7. The standard InChI is InChI=1S/C18H28F2N4O/c1-14(15-5-6-16(19)17(20)13-15)22-18(25)21-7-3-4-8-24-11-9-23(2)10-12-24/h5-6,13-14H,3-4,7-12H2,1-2H3,(H2,21,22,25). The molecule has 1 atom stereocenters. The van der Waals surface area contributed by atoms with Gasteiger partial charge in [0.25, 0.3) is 0 Å². The summed E-state index contributed by atoms with van der Waals surface area (Å²) < 4.78 is 26.2. The van der Waals surface area contributed by atoms with Gasteiger partial charge >= 0.3 is 6.03 Å². The van der Waals surface area contributed by atoms with Gasteiger partial charge in [-0.2, -0.15) is 0 Å². The number of urea groups is 1. The Bertz CT molecular complexity index is 562. The van der Waals surface area contributed by atoms with E-state index in [1.54, 1.807) is 6.92 Å². The van der Waals surface area contributed by atoms with E-state index in [4.69, 9.17) is 0 Å². The molecule has 0 saturated carbocycles. The lowest BCUT2D eigenvalue weighted by molar-refractivity contribution is 0.152. The topological polar surface area (TPSA) is 47.6 Å². The Morgan fingerprint density at radius 2 is 1.88 bits per heavy atom. The number of likely N-dealkylation sites (N-methyl/N-ethyl adjacent to an activating group) is 1. The van der Waals surface area contributed by atoms with Gasteiger partial charge in [-0.15, -0.1) is 0 Å².